The van der Waals surface area contributed by atoms with Gasteiger partial charge < -0.3 is 15.1 Å². The lowest BCUT2D eigenvalue weighted by molar-refractivity contribution is -0.142. The van der Waals surface area contributed by atoms with Crippen LogP contribution in [0.4, 0.5) is 5.69 Å². The Morgan fingerprint density at radius 3 is 2.54 bits per heavy atom. The molecule has 2 atom stereocenters. The van der Waals surface area contributed by atoms with Crippen LogP contribution in [0.2, 0.25) is 0 Å². The molecule has 130 valence electrons. The Balaban J connectivity index is 1.71. The van der Waals surface area contributed by atoms with E-state index < -0.39 is 5.92 Å². The van der Waals surface area contributed by atoms with Gasteiger partial charge in [-0.25, -0.2) is 0 Å². The van der Waals surface area contributed by atoms with Crippen molar-refractivity contribution >= 4 is 17.5 Å². The predicted octanol–water partition coefficient (Wildman–Crippen LogP) is 1.98. The minimum absolute atomic E-state index is 0.00435. The molecule has 2 saturated heterocycles. The van der Waals surface area contributed by atoms with Crippen molar-refractivity contribution in [1.29, 1.82) is 0 Å². The molecule has 2 heterocycles. The third-order valence-electron chi connectivity index (χ3n) is 5.16. The molecule has 0 spiro atoms. The molecule has 2 fully saturated rings. The number of nitrogens with one attached hydrogen (secondary N) is 1. The van der Waals surface area contributed by atoms with Crippen molar-refractivity contribution in [2.45, 2.75) is 39.2 Å². The first kappa shape index (κ1) is 17.0. The quantitative estimate of drug-likeness (QED) is 0.863. The fraction of sp³-hybridized carbons (Fsp3) is 0.579. The van der Waals surface area contributed by atoms with Crippen LogP contribution in [0, 0.1) is 5.92 Å². The molecule has 0 aromatic heterocycles. The predicted molar refractivity (Wildman–Crippen MR) is 95.0 cm³/mol. The van der Waals surface area contributed by atoms with E-state index in [9.17, 15) is 9.59 Å². The topological polar surface area (TPSA) is 52.7 Å². The van der Waals surface area contributed by atoms with E-state index in [1.807, 2.05) is 24.0 Å². The van der Waals surface area contributed by atoms with Gasteiger partial charge in [0.15, 0.2) is 0 Å². The van der Waals surface area contributed by atoms with Gasteiger partial charge in [-0.3, -0.25) is 9.59 Å². The zero-order valence-corrected chi connectivity index (χ0v) is 14.8. The van der Waals surface area contributed by atoms with Gasteiger partial charge in [0.2, 0.25) is 11.8 Å². The van der Waals surface area contributed by atoms with Crippen LogP contribution in [0.5, 0.6) is 0 Å². The van der Waals surface area contributed by atoms with Crippen LogP contribution in [0.3, 0.4) is 0 Å². The van der Waals surface area contributed by atoms with Crippen molar-refractivity contribution in [2.75, 3.05) is 31.1 Å². The first-order valence-electron chi connectivity index (χ1n) is 8.91. The lowest BCUT2D eigenvalue weighted by Crippen LogP contribution is -2.54. The second-order valence-electron chi connectivity index (χ2n) is 7.16. The van der Waals surface area contributed by atoms with E-state index in [-0.39, 0.29) is 17.9 Å². The van der Waals surface area contributed by atoms with Crippen molar-refractivity contribution < 1.29 is 9.59 Å². The van der Waals surface area contributed by atoms with E-state index in [2.05, 4.69) is 31.3 Å². The maximum Gasteiger partial charge on any atom is 0.239 e. The molecule has 3 rings (SSSR count). The molecule has 0 aliphatic carbocycles. The average Bonchev–Trinajstić information content (AvgIpc) is 2.96. The zero-order valence-electron chi connectivity index (χ0n) is 14.8. The van der Waals surface area contributed by atoms with E-state index >= 15 is 0 Å². The molecule has 1 aromatic carbocycles. The Bertz CT molecular complexity index is 612. The Kier molecular flexibility index (Phi) is 4.90. The number of hydrogen-bond acceptors (Lipinski definition) is 3. The molecule has 0 bridgehead atoms. The van der Waals surface area contributed by atoms with Crippen LogP contribution in [0.15, 0.2) is 24.3 Å². The van der Waals surface area contributed by atoms with Crippen LogP contribution in [0.1, 0.15) is 38.7 Å². The number of piperazine rings is 1. The smallest absolute Gasteiger partial charge is 0.239 e. The van der Waals surface area contributed by atoms with E-state index in [4.69, 9.17) is 0 Å². The minimum Gasteiger partial charge on any atom is -0.337 e. The fourth-order valence-electron chi connectivity index (χ4n) is 3.57. The molecular formula is C19H27N3O2. The third kappa shape index (κ3) is 3.18. The van der Waals surface area contributed by atoms with Crippen molar-refractivity contribution in [2.24, 2.45) is 5.92 Å². The van der Waals surface area contributed by atoms with E-state index in [0.29, 0.717) is 25.4 Å². The largest absolute Gasteiger partial charge is 0.337 e. The van der Waals surface area contributed by atoms with Gasteiger partial charge in [-0.1, -0.05) is 26.0 Å². The Morgan fingerprint density at radius 2 is 1.92 bits per heavy atom. The summed E-state index contributed by atoms with van der Waals surface area (Å²) in [5.41, 5.74) is 2.15. The number of nitrogens with zero attached hydrogens (tertiary/aromatic N) is 2. The normalized spacial score (nSPS) is 24.8. The van der Waals surface area contributed by atoms with Crippen LogP contribution >= 0.6 is 0 Å². The SMILES string of the molecule is CC(C)c1ccc(N2CCC(C(=O)N3CCNCC3C)C2=O)cc1. The van der Waals surface area contributed by atoms with Gasteiger partial charge in [0.05, 0.1) is 0 Å². The number of carbonyl (C=O) groups is 2. The lowest BCUT2D eigenvalue weighted by atomic mass is 10.0. The van der Waals surface area contributed by atoms with Crippen molar-refractivity contribution in [3.63, 3.8) is 0 Å². The molecule has 1 N–H and O–H groups in total. The zero-order chi connectivity index (χ0) is 17.3. The summed E-state index contributed by atoms with van der Waals surface area (Å²) >= 11 is 0. The molecule has 24 heavy (non-hydrogen) atoms. The summed E-state index contributed by atoms with van der Waals surface area (Å²) in [6, 6.07) is 8.28. The highest BCUT2D eigenvalue weighted by atomic mass is 16.2. The van der Waals surface area contributed by atoms with Crippen LogP contribution in [0.25, 0.3) is 0 Å². The highest BCUT2D eigenvalue weighted by molar-refractivity contribution is 6.09. The highest BCUT2D eigenvalue weighted by Crippen LogP contribution is 2.28. The fourth-order valence-corrected chi connectivity index (χ4v) is 3.57. The highest BCUT2D eigenvalue weighted by Gasteiger charge is 2.41. The van der Waals surface area contributed by atoms with E-state index in [0.717, 1.165) is 18.8 Å². The van der Waals surface area contributed by atoms with Crippen molar-refractivity contribution in [3.05, 3.63) is 29.8 Å². The summed E-state index contributed by atoms with van der Waals surface area (Å²) in [7, 11) is 0. The molecule has 2 aliphatic rings. The number of benzene rings is 1. The van der Waals surface area contributed by atoms with Gasteiger partial charge in [-0.05, 0) is 37.0 Å². The van der Waals surface area contributed by atoms with Gasteiger partial charge >= 0.3 is 0 Å². The molecule has 1 aromatic rings. The van der Waals surface area contributed by atoms with E-state index in [1.54, 1.807) is 4.90 Å². The van der Waals surface area contributed by atoms with Crippen LogP contribution in [-0.2, 0) is 9.59 Å². The van der Waals surface area contributed by atoms with Crippen LogP contribution < -0.4 is 10.2 Å². The number of rotatable bonds is 3. The number of carbonyl (C=O) groups excluding carboxylic acids is 2. The molecule has 5 heteroatoms. The third-order valence-corrected chi connectivity index (χ3v) is 5.16. The Morgan fingerprint density at radius 1 is 1.21 bits per heavy atom. The first-order chi connectivity index (χ1) is 11.5. The second kappa shape index (κ2) is 6.93. The number of amides is 2. The monoisotopic (exact) mass is 329 g/mol. The molecule has 5 nitrogen and oxygen atoms in total. The molecule has 2 aliphatic heterocycles. The standard InChI is InChI=1S/C19H27N3O2/c1-13(2)15-4-6-16(7-5-15)22-10-8-17(19(22)24)18(23)21-11-9-20-12-14(21)3/h4-7,13-14,17,20H,8-12H2,1-3H3. The molecular weight excluding hydrogens is 302 g/mol. The maximum atomic E-state index is 12.8. The summed E-state index contributed by atoms with van der Waals surface area (Å²) in [5.74, 6) is -0.106. The molecule has 2 unspecified atom stereocenters. The summed E-state index contributed by atoms with van der Waals surface area (Å²) in [4.78, 5) is 29.2. The second-order valence-corrected chi connectivity index (χ2v) is 7.16. The van der Waals surface area contributed by atoms with Crippen molar-refractivity contribution in [3.8, 4) is 0 Å². The van der Waals surface area contributed by atoms with Gasteiger partial charge in [0.25, 0.3) is 0 Å². The molecule has 0 saturated carbocycles. The maximum absolute atomic E-state index is 12.8. The summed E-state index contributed by atoms with van der Waals surface area (Å²) < 4.78 is 0. The van der Waals surface area contributed by atoms with Gasteiger partial charge in [0, 0.05) is 37.9 Å². The number of anilines is 1. The summed E-state index contributed by atoms with van der Waals surface area (Å²) in [5, 5.41) is 3.28. The van der Waals surface area contributed by atoms with Gasteiger partial charge in [-0.15, -0.1) is 0 Å². The minimum atomic E-state index is -0.518. The van der Waals surface area contributed by atoms with Crippen LogP contribution in [-0.4, -0.2) is 48.9 Å². The van der Waals surface area contributed by atoms with Gasteiger partial charge in [0.1, 0.15) is 5.92 Å². The molecule has 0 radical (unpaired) electrons. The average molecular weight is 329 g/mol. The summed E-state index contributed by atoms with van der Waals surface area (Å²) in [6.45, 7) is 9.25. The number of hydrogen-bond donors (Lipinski definition) is 1. The molecule has 2 amide bonds. The lowest BCUT2D eigenvalue weighted by Gasteiger charge is -2.35. The first-order valence-corrected chi connectivity index (χ1v) is 8.91. The summed E-state index contributed by atoms with van der Waals surface area (Å²) in [6.07, 6.45) is 0.611. The Labute approximate surface area is 144 Å². The van der Waals surface area contributed by atoms with Crippen molar-refractivity contribution in [1.82, 2.24) is 10.2 Å². The van der Waals surface area contributed by atoms with E-state index in [1.165, 1.54) is 5.56 Å². The Hall–Kier alpha value is -1.88. The van der Waals surface area contributed by atoms with Gasteiger partial charge in [-0.2, -0.15) is 0 Å².